The lowest BCUT2D eigenvalue weighted by molar-refractivity contribution is -0.336. The van der Waals surface area contributed by atoms with Gasteiger partial charge in [-0.2, -0.15) is 0 Å². The van der Waals surface area contributed by atoms with Crippen LogP contribution in [0.3, 0.4) is 0 Å². The summed E-state index contributed by atoms with van der Waals surface area (Å²) in [6.45, 7) is -0.342. The average molecular weight is 871 g/mol. The molecule has 24 heteroatoms. The highest BCUT2D eigenvalue weighted by atomic mass is 32.2. The number of carbonyl (C=O) groups is 4. The second-order valence-electron chi connectivity index (χ2n) is 14.1. The lowest BCUT2D eigenvalue weighted by Crippen LogP contribution is -2.70. The van der Waals surface area contributed by atoms with Crippen LogP contribution in [-0.4, -0.2) is 205 Å². The average Bonchev–Trinajstić information content (AvgIpc) is 3.17. The van der Waals surface area contributed by atoms with Crippen molar-refractivity contribution in [2.24, 2.45) is 0 Å². The molecule has 1 aromatic carbocycles. The van der Waals surface area contributed by atoms with Crippen LogP contribution >= 0.6 is 23.5 Å². The highest BCUT2D eigenvalue weighted by Crippen LogP contribution is 2.44. The lowest BCUT2D eigenvalue weighted by Gasteiger charge is -2.50. The van der Waals surface area contributed by atoms with Crippen molar-refractivity contribution in [1.82, 2.24) is 10.6 Å². The van der Waals surface area contributed by atoms with Gasteiger partial charge in [0.15, 0.2) is 0 Å². The third kappa shape index (κ3) is 10.8. The van der Waals surface area contributed by atoms with Crippen molar-refractivity contribution in [2.45, 2.75) is 133 Å². The molecule has 4 rings (SSSR count). The Labute approximate surface area is 339 Å². The summed E-state index contributed by atoms with van der Waals surface area (Å²) in [5, 5.41) is 132. The van der Waals surface area contributed by atoms with Gasteiger partial charge in [0.2, 0.25) is 16.7 Å². The fourth-order valence-electron chi connectivity index (χ4n) is 6.87. The molecule has 3 aliphatic heterocycles. The first-order valence-corrected chi connectivity index (χ1v) is 19.8. The summed E-state index contributed by atoms with van der Waals surface area (Å²) >= 11 is 1.45. The first-order chi connectivity index (χ1) is 27.2. The van der Waals surface area contributed by atoms with E-state index in [4.69, 9.17) is 18.9 Å². The molecule has 0 saturated carbocycles. The maximum absolute atomic E-state index is 13.0. The second-order valence-corrected chi connectivity index (χ2v) is 16.6. The van der Waals surface area contributed by atoms with Gasteiger partial charge in [0.05, 0.1) is 43.6 Å². The first kappa shape index (κ1) is 47.9. The molecule has 3 fully saturated rings. The Morgan fingerprint density at radius 2 is 1.36 bits per heavy atom. The second kappa shape index (κ2) is 20.2. The van der Waals surface area contributed by atoms with E-state index < -0.39 is 157 Å². The third-order valence-electron chi connectivity index (χ3n) is 9.84. The molecule has 0 unspecified atom stereocenters. The Hall–Kier alpha value is -2.76. The Morgan fingerprint density at radius 1 is 0.793 bits per heavy atom. The van der Waals surface area contributed by atoms with Gasteiger partial charge >= 0.3 is 11.9 Å². The Bertz CT molecular complexity index is 1570. The molecule has 3 heterocycles. The van der Waals surface area contributed by atoms with Gasteiger partial charge in [-0.3, -0.25) is 9.59 Å². The number of benzene rings is 1. The number of carbonyl (C=O) groups excluding carboxylic acids is 2. The topological polar surface area (TPSA) is 372 Å². The molecule has 0 aliphatic carbocycles. The number of thioether (sulfide) groups is 2. The van der Waals surface area contributed by atoms with Gasteiger partial charge in [0.1, 0.15) is 60.4 Å². The molecule has 0 spiro atoms. The van der Waals surface area contributed by atoms with E-state index in [1.807, 2.05) is 0 Å². The molecule has 2 amide bonds. The van der Waals surface area contributed by atoms with E-state index >= 15 is 0 Å². The zero-order valence-corrected chi connectivity index (χ0v) is 32.7. The Morgan fingerprint density at radius 3 is 1.88 bits per heavy atom. The van der Waals surface area contributed by atoms with Crippen LogP contribution in [0.2, 0.25) is 0 Å². The lowest BCUT2D eigenvalue weighted by atomic mass is 9.87. The van der Waals surface area contributed by atoms with E-state index in [0.717, 1.165) is 25.6 Å². The van der Waals surface area contributed by atoms with Gasteiger partial charge < -0.3 is 90.9 Å². The normalized spacial score (nSPS) is 37.5. The number of aliphatic hydroxyl groups is 10. The quantitative estimate of drug-likeness (QED) is 0.0695. The van der Waals surface area contributed by atoms with Crippen molar-refractivity contribution >= 4 is 47.3 Å². The fourth-order valence-corrected chi connectivity index (χ4v) is 9.25. The molecule has 22 nitrogen and oxygen atoms in total. The smallest absolute Gasteiger partial charge is 0.364 e. The molecule has 17 atom stereocenters. The van der Waals surface area contributed by atoms with Crippen LogP contribution in [0.1, 0.15) is 26.7 Å². The van der Waals surface area contributed by atoms with Crippen LogP contribution in [-0.2, 0) is 38.1 Å². The molecule has 0 aromatic heterocycles. The van der Waals surface area contributed by atoms with Crippen LogP contribution in [0.4, 0.5) is 0 Å². The largest absolute Gasteiger partial charge is 0.478 e. The minimum absolute atomic E-state index is 0.439. The van der Waals surface area contributed by atoms with Crippen molar-refractivity contribution in [3.8, 4) is 0 Å². The van der Waals surface area contributed by atoms with Crippen molar-refractivity contribution in [3.05, 3.63) is 30.3 Å². The first-order valence-electron chi connectivity index (χ1n) is 17.9. The molecular formula is C34H50N2O20S2. The molecular weight excluding hydrogens is 821 g/mol. The van der Waals surface area contributed by atoms with Crippen LogP contribution < -0.4 is 10.6 Å². The standard InChI is InChI=1S/C34H50N2O20S2/c1-13(39)35-21-16(41)8-33(31(49)50,55-28(21)23(44)18(43)10-37)54-19(11-38)25(46)29-22(36-14(2)40)17(42)9-34(56-29,32(51)52)57-12-20-24(45)26(47)27(48)30(53-20)58-15-6-4-3-5-7-15/h3-7,16-30,37-38,41-48H,8-12H2,1-2H3,(H,35,39)(H,36,40)(H,49,50)(H,51,52)/t16-,17-,18+,19+,20+,21+,22+,23+,24-,25+,26-,27+,28+,29+,30-,33+,34-/m0/s1. The molecule has 1 aromatic rings. The number of carboxylic acids is 2. The van der Waals surface area contributed by atoms with Crippen LogP contribution in [0.25, 0.3) is 0 Å². The highest BCUT2D eigenvalue weighted by molar-refractivity contribution is 8.01. The van der Waals surface area contributed by atoms with Gasteiger partial charge in [-0.05, 0) is 12.1 Å². The van der Waals surface area contributed by atoms with Gasteiger partial charge in [-0.15, -0.1) is 11.8 Å². The summed E-state index contributed by atoms with van der Waals surface area (Å²) in [5.74, 6) is -8.93. The highest BCUT2D eigenvalue weighted by Gasteiger charge is 2.60. The fraction of sp³-hybridized carbons (Fsp3) is 0.706. The molecule has 3 aliphatic rings. The molecule has 0 radical (unpaired) electrons. The summed E-state index contributed by atoms with van der Waals surface area (Å²) in [4.78, 5) is 48.1. The Kier molecular flexibility index (Phi) is 16.7. The predicted molar refractivity (Wildman–Crippen MR) is 195 cm³/mol. The van der Waals surface area contributed by atoms with E-state index in [0.29, 0.717) is 16.7 Å². The van der Waals surface area contributed by atoms with E-state index in [9.17, 15) is 80.5 Å². The number of ether oxygens (including phenoxy) is 4. The van der Waals surface area contributed by atoms with Crippen molar-refractivity contribution in [3.63, 3.8) is 0 Å². The number of carboxylic acid groups (broad SMARTS) is 2. The molecule has 0 bridgehead atoms. The number of hydrogen-bond acceptors (Lipinski definition) is 20. The van der Waals surface area contributed by atoms with E-state index in [-0.39, 0.29) is 0 Å². The van der Waals surface area contributed by atoms with Crippen LogP contribution in [0, 0.1) is 0 Å². The number of aliphatic carboxylic acids is 2. The maximum atomic E-state index is 13.0. The van der Waals surface area contributed by atoms with Gasteiger partial charge in [-0.25, -0.2) is 9.59 Å². The van der Waals surface area contributed by atoms with Crippen molar-refractivity contribution in [2.75, 3.05) is 19.0 Å². The number of hydrogen-bond donors (Lipinski definition) is 14. The van der Waals surface area contributed by atoms with Crippen LogP contribution in [0.5, 0.6) is 0 Å². The summed E-state index contributed by atoms with van der Waals surface area (Å²) in [7, 11) is 0. The summed E-state index contributed by atoms with van der Waals surface area (Å²) < 4.78 is 23.0. The minimum Gasteiger partial charge on any atom is -0.478 e. The van der Waals surface area contributed by atoms with E-state index in [1.165, 1.54) is 0 Å². The summed E-state index contributed by atoms with van der Waals surface area (Å²) in [6.07, 6.45) is -24.8. The summed E-state index contributed by atoms with van der Waals surface area (Å²) in [5.41, 5.74) is -1.14. The maximum Gasteiger partial charge on any atom is 0.364 e. The van der Waals surface area contributed by atoms with Gasteiger partial charge in [-0.1, -0.05) is 30.0 Å². The van der Waals surface area contributed by atoms with Crippen molar-refractivity contribution in [1.29, 1.82) is 0 Å². The number of aliphatic hydroxyl groups excluding tert-OH is 10. The van der Waals surface area contributed by atoms with Gasteiger partial charge in [0.25, 0.3) is 5.79 Å². The Balaban J connectivity index is 1.64. The third-order valence-corrected chi connectivity index (χ3v) is 12.4. The summed E-state index contributed by atoms with van der Waals surface area (Å²) in [6, 6.07) is 5.32. The van der Waals surface area contributed by atoms with Crippen LogP contribution in [0.15, 0.2) is 35.2 Å². The predicted octanol–water partition coefficient (Wildman–Crippen LogP) is -5.36. The molecule has 3 saturated heterocycles. The molecule has 14 N–H and O–H groups in total. The zero-order valence-electron chi connectivity index (χ0n) is 31.0. The molecule has 328 valence electrons. The number of amides is 2. The molecule has 58 heavy (non-hydrogen) atoms. The SMILES string of the molecule is CC(=O)N[C@H]1[C@H]([C@H](O)[C@H](O)CO)O[C@@](O[C@H](CO)[C@@H](O)[C@@H]2O[C@@](SC[C@H]3O[C@@H](Sc4ccccc4)[C@H](O)[C@@H](O)[C@H]3O)(C(=O)O)C[C@H](O)[C@H]2NC(C)=O)(C(=O)O)C[C@@H]1O. The zero-order chi connectivity index (χ0) is 43.3. The minimum atomic E-state index is -3.10. The van der Waals surface area contributed by atoms with E-state index in [1.54, 1.807) is 30.3 Å². The van der Waals surface area contributed by atoms with Gasteiger partial charge in [0, 0.05) is 37.3 Å². The van der Waals surface area contributed by atoms with Crippen molar-refractivity contribution < 1.29 is 99.4 Å². The number of nitrogens with one attached hydrogen (secondary N) is 2. The van der Waals surface area contributed by atoms with E-state index in [2.05, 4.69) is 10.6 Å². The number of rotatable bonds is 17. The monoisotopic (exact) mass is 870 g/mol.